The summed E-state index contributed by atoms with van der Waals surface area (Å²) < 4.78 is 18.0. The Morgan fingerprint density at radius 2 is 2.06 bits per heavy atom. The minimum absolute atomic E-state index is 0.193. The Kier molecular flexibility index (Phi) is 5.06. The largest absolute Gasteiger partial charge is 0.497 e. The first-order valence-corrected chi connectivity index (χ1v) is 5.16. The fourth-order valence-corrected chi connectivity index (χ4v) is 1.21. The van der Waals surface area contributed by atoms with E-state index in [1.807, 2.05) is 0 Å². The summed E-state index contributed by atoms with van der Waals surface area (Å²) in [6.07, 6.45) is 0. The molecule has 1 aromatic rings. The number of carbonyl (C=O) groups is 2. The molecule has 98 valence electrons. The molecule has 0 heterocycles. The third-order valence-electron chi connectivity index (χ3n) is 2.02. The van der Waals surface area contributed by atoms with Crippen molar-refractivity contribution >= 4 is 17.5 Å². The summed E-state index contributed by atoms with van der Waals surface area (Å²) in [7, 11) is 1.39. The number of nitrogens with two attached hydrogens (primary N) is 1. The molecule has 0 unspecified atom stereocenters. The fourth-order valence-electron chi connectivity index (χ4n) is 1.21. The lowest BCUT2D eigenvalue weighted by atomic mass is 10.3. The van der Waals surface area contributed by atoms with E-state index in [0.717, 1.165) is 6.07 Å². The topological polar surface area (TPSA) is 93.5 Å². The predicted octanol–water partition coefficient (Wildman–Crippen LogP) is -0.152. The third kappa shape index (κ3) is 4.38. The molecule has 0 atom stereocenters. The van der Waals surface area contributed by atoms with Gasteiger partial charge in [-0.05, 0) is 6.07 Å². The average Bonchev–Trinajstić information content (AvgIpc) is 2.35. The summed E-state index contributed by atoms with van der Waals surface area (Å²) in [5, 5.41) is 4.72. The van der Waals surface area contributed by atoms with Crippen molar-refractivity contribution in [1.29, 1.82) is 0 Å². The van der Waals surface area contributed by atoms with Crippen molar-refractivity contribution in [2.75, 3.05) is 25.5 Å². The van der Waals surface area contributed by atoms with E-state index in [9.17, 15) is 14.0 Å². The Morgan fingerprint density at radius 1 is 1.33 bits per heavy atom. The molecule has 0 bridgehead atoms. The van der Waals surface area contributed by atoms with Crippen LogP contribution >= 0.6 is 0 Å². The second-order valence-electron chi connectivity index (χ2n) is 3.41. The highest BCUT2D eigenvalue weighted by Gasteiger charge is 2.06. The molecule has 0 saturated heterocycles. The molecule has 2 amide bonds. The molecule has 0 aliphatic heterocycles. The summed E-state index contributed by atoms with van der Waals surface area (Å²) in [6.45, 7) is -0.421. The predicted molar refractivity (Wildman–Crippen MR) is 63.6 cm³/mol. The van der Waals surface area contributed by atoms with Gasteiger partial charge in [0.2, 0.25) is 11.8 Å². The van der Waals surface area contributed by atoms with Gasteiger partial charge in [0, 0.05) is 17.8 Å². The van der Waals surface area contributed by atoms with Gasteiger partial charge in [-0.2, -0.15) is 0 Å². The van der Waals surface area contributed by atoms with Crippen LogP contribution in [0.5, 0.6) is 5.75 Å². The third-order valence-corrected chi connectivity index (χ3v) is 2.02. The monoisotopic (exact) mass is 255 g/mol. The normalized spacial score (nSPS) is 9.72. The Hall–Kier alpha value is -2.15. The van der Waals surface area contributed by atoms with Crippen LogP contribution in [0.3, 0.4) is 0 Å². The number of nitrogens with one attached hydrogen (secondary N) is 2. The number of carbonyl (C=O) groups excluding carboxylic acids is 2. The van der Waals surface area contributed by atoms with Crippen LogP contribution in [0, 0.1) is 5.82 Å². The van der Waals surface area contributed by atoms with Gasteiger partial charge >= 0.3 is 0 Å². The number of methoxy groups -OCH3 is 1. The molecule has 0 spiro atoms. The van der Waals surface area contributed by atoms with Gasteiger partial charge in [-0.3, -0.25) is 9.59 Å². The van der Waals surface area contributed by atoms with E-state index in [0.29, 0.717) is 0 Å². The van der Waals surface area contributed by atoms with Crippen molar-refractivity contribution in [3.05, 3.63) is 24.0 Å². The molecule has 0 aromatic heterocycles. The molecule has 0 aliphatic rings. The van der Waals surface area contributed by atoms with E-state index in [1.54, 1.807) is 0 Å². The maximum atomic E-state index is 13.1. The van der Waals surface area contributed by atoms with Crippen molar-refractivity contribution in [3.63, 3.8) is 0 Å². The maximum absolute atomic E-state index is 13.1. The van der Waals surface area contributed by atoms with Gasteiger partial charge in [0.1, 0.15) is 11.6 Å². The highest BCUT2D eigenvalue weighted by molar-refractivity contribution is 5.94. The SMILES string of the molecule is COc1cc(F)cc(NC(=O)CNC(=O)CN)c1. The van der Waals surface area contributed by atoms with Crippen LogP contribution in [0.25, 0.3) is 0 Å². The van der Waals surface area contributed by atoms with Gasteiger partial charge < -0.3 is 21.1 Å². The fraction of sp³-hybridized carbons (Fsp3) is 0.273. The number of ether oxygens (including phenoxy) is 1. The summed E-state index contributed by atoms with van der Waals surface area (Å²) in [4.78, 5) is 22.2. The van der Waals surface area contributed by atoms with Gasteiger partial charge in [0.25, 0.3) is 0 Å². The number of rotatable bonds is 5. The number of halogens is 1. The molecule has 0 saturated carbocycles. The molecular formula is C11H14FN3O3. The number of hydrogen-bond acceptors (Lipinski definition) is 4. The van der Waals surface area contributed by atoms with Crippen LogP contribution < -0.4 is 21.1 Å². The molecule has 6 nitrogen and oxygen atoms in total. The number of anilines is 1. The molecule has 0 fully saturated rings. The van der Waals surface area contributed by atoms with Crippen molar-refractivity contribution in [1.82, 2.24) is 5.32 Å². The van der Waals surface area contributed by atoms with E-state index in [1.165, 1.54) is 19.2 Å². The Bertz CT molecular complexity index is 451. The second-order valence-corrected chi connectivity index (χ2v) is 3.41. The molecule has 1 rings (SSSR count). The highest BCUT2D eigenvalue weighted by atomic mass is 19.1. The van der Waals surface area contributed by atoms with E-state index in [4.69, 9.17) is 10.5 Å². The van der Waals surface area contributed by atoms with Crippen LogP contribution in [0.15, 0.2) is 18.2 Å². The van der Waals surface area contributed by atoms with Gasteiger partial charge in [0.15, 0.2) is 0 Å². The van der Waals surface area contributed by atoms with Gasteiger partial charge in [-0.25, -0.2) is 4.39 Å². The Morgan fingerprint density at radius 3 is 2.67 bits per heavy atom. The summed E-state index contributed by atoms with van der Waals surface area (Å²) in [5.41, 5.74) is 5.31. The number of benzene rings is 1. The molecule has 7 heteroatoms. The van der Waals surface area contributed by atoms with E-state index >= 15 is 0 Å². The van der Waals surface area contributed by atoms with Crippen LogP contribution in [0.1, 0.15) is 0 Å². The van der Waals surface area contributed by atoms with Gasteiger partial charge in [-0.1, -0.05) is 0 Å². The lowest BCUT2D eigenvalue weighted by molar-refractivity contribution is -0.123. The summed E-state index contributed by atoms with van der Waals surface area (Å²) >= 11 is 0. The second kappa shape index (κ2) is 6.55. The lowest BCUT2D eigenvalue weighted by Crippen LogP contribution is -2.36. The van der Waals surface area contributed by atoms with E-state index < -0.39 is 17.6 Å². The van der Waals surface area contributed by atoms with Crippen molar-refractivity contribution in [2.45, 2.75) is 0 Å². The first kappa shape index (κ1) is 13.9. The molecule has 4 N–H and O–H groups in total. The summed E-state index contributed by atoms with van der Waals surface area (Å²) in [5.74, 6) is -1.17. The lowest BCUT2D eigenvalue weighted by Gasteiger charge is -2.08. The average molecular weight is 255 g/mol. The van der Waals surface area contributed by atoms with Crippen molar-refractivity contribution in [3.8, 4) is 5.75 Å². The van der Waals surface area contributed by atoms with Crippen molar-refractivity contribution < 1.29 is 18.7 Å². The molecule has 18 heavy (non-hydrogen) atoms. The number of hydrogen-bond donors (Lipinski definition) is 3. The van der Waals surface area contributed by atoms with Crippen LogP contribution in [0.2, 0.25) is 0 Å². The Balaban J connectivity index is 2.58. The smallest absolute Gasteiger partial charge is 0.243 e. The minimum Gasteiger partial charge on any atom is -0.497 e. The van der Waals surface area contributed by atoms with E-state index in [-0.39, 0.29) is 24.5 Å². The highest BCUT2D eigenvalue weighted by Crippen LogP contribution is 2.19. The first-order chi connectivity index (χ1) is 8.55. The number of amides is 2. The molecular weight excluding hydrogens is 241 g/mol. The Labute approximate surface area is 103 Å². The van der Waals surface area contributed by atoms with Crippen LogP contribution in [0.4, 0.5) is 10.1 Å². The minimum atomic E-state index is -0.532. The molecule has 0 aliphatic carbocycles. The standard InChI is InChI=1S/C11H14FN3O3/c1-18-9-3-7(12)2-8(4-9)15-11(17)6-14-10(16)5-13/h2-4H,5-6,13H2,1H3,(H,14,16)(H,15,17). The zero-order valence-corrected chi connectivity index (χ0v) is 9.83. The molecule has 0 radical (unpaired) electrons. The van der Waals surface area contributed by atoms with E-state index in [2.05, 4.69) is 10.6 Å². The quantitative estimate of drug-likeness (QED) is 0.682. The first-order valence-electron chi connectivity index (χ1n) is 5.16. The summed E-state index contributed by atoms with van der Waals surface area (Å²) in [6, 6.07) is 3.79. The zero-order valence-electron chi connectivity index (χ0n) is 9.83. The van der Waals surface area contributed by atoms with Crippen LogP contribution in [-0.2, 0) is 9.59 Å². The molecule has 1 aromatic carbocycles. The van der Waals surface area contributed by atoms with Crippen molar-refractivity contribution in [2.24, 2.45) is 5.73 Å². The van der Waals surface area contributed by atoms with Gasteiger partial charge in [0.05, 0.1) is 20.2 Å². The van der Waals surface area contributed by atoms with Crippen LogP contribution in [-0.4, -0.2) is 32.0 Å². The zero-order chi connectivity index (χ0) is 13.5. The van der Waals surface area contributed by atoms with Gasteiger partial charge in [-0.15, -0.1) is 0 Å². The maximum Gasteiger partial charge on any atom is 0.243 e.